The molecule has 0 spiro atoms. The third-order valence-corrected chi connectivity index (χ3v) is 5.25. The SMILES string of the molecule is COCCCNC(=S)N(CC[NH+](C)C)Cc1cc2c(C)ccc(C)c2[nH]c1=O. The van der Waals surface area contributed by atoms with Crippen LogP contribution >= 0.6 is 12.2 Å². The molecule has 1 heterocycles. The lowest BCUT2D eigenvalue weighted by molar-refractivity contribution is -0.857. The van der Waals surface area contributed by atoms with Crippen LogP contribution in [0.25, 0.3) is 10.9 Å². The number of rotatable bonds is 9. The van der Waals surface area contributed by atoms with Gasteiger partial charge in [-0.15, -0.1) is 0 Å². The van der Waals surface area contributed by atoms with Crippen LogP contribution in [0.1, 0.15) is 23.1 Å². The summed E-state index contributed by atoms with van der Waals surface area (Å²) < 4.78 is 5.09. The van der Waals surface area contributed by atoms with Crippen molar-refractivity contribution in [3.8, 4) is 0 Å². The first-order valence-corrected chi connectivity index (χ1v) is 10.2. The second-order valence-corrected chi connectivity index (χ2v) is 7.96. The molecule has 1 aromatic heterocycles. The molecule has 2 aromatic rings. The Bertz CT molecular complexity index is 863. The minimum Gasteiger partial charge on any atom is -0.385 e. The van der Waals surface area contributed by atoms with E-state index in [9.17, 15) is 4.79 Å². The van der Waals surface area contributed by atoms with Crippen LogP contribution in [0.2, 0.25) is 0 Å². The number of nitrogens with one attached hydrogen (secondary N) is 3. The number of quaternary nitrogens is 1. The number of aryl methyl sites for hydroxylation is 2. The van der Waals surface area contributed by atoms with Crippen molar-refractivity contribution in [3.05, 3.63) is 45.2 Å². The van der Waals surface area contributed by atoms with Crippen LogP contribution in [-0.4, -0.2) is 62.4 Å². The molecule has 28 heavy (non-hydrogen) atoms. The number of pyridine rings is 1. The van der Waals surface area contributed by atoms with Gasteiger partial charge in [0.05, 0.1) is 39.2 Å². The average Bonchev–Trinajstić information content (AvgIpc) is 2.65. The number of fused-ring (bicyclic) bond motifs is 1. The minimum absolute atomic E-state index is 0.0504. The maximum atomic E-state index is 12.7. The topological polar surface area (TPSA) is 61.8 Å². The summed E-state index contributed by atoms with van der Waals surface area (Å²) in [4.78, 5) is 19.2. The van der Waals surface area contributed by atoms with E-state index < -0.39 is 0 Å². The number of aromatic amines is 1. The molecule has 0 saturated heterocycles. The Labute approximate surface area is 172 Å². The van der Waals surface area contributed by atoms with Crippen molar-refractivity contribution in [1.82, 2.24) is 15.2 Å². The number of thiocarbonyl (C=S) groups is 1. The molecule has 6 nitrogen and oxygen atoms in total. The van der Waals surface area contributed by atoms with E-state index in [1.165, 1.54) is 4.90 Å². The highest BCUT2D eigenvalue weighted by molar-refractivity contribution is 7.80. The number of benzene rings is 1. The van der Waals surface area contributed by atoms with Crippen molar-refractivity contribution < 1.29 is 9.64 Å². The highest BCUT2D eigenvalue weighted by Crippen LogP contribution is 2.20. The number of H-pyrrole nitrogens is 1. The molecule has 0 aliphatic rings. The third-order valence-electron chi connectivity index (χ3n) is 4.85. The first-order chi connectivity index (χ1) is 13.3. The van der Waals surface area contributed by atoms with Gasteiger partial charge in [-0.1, -0.05) is 12.1 Å². The van der Waals surface area contributed by atoms with Gasteiger partial charge in [-0.2, -0.15) is 0 Å². The quantitative estimate of drug-likeness (QED) is 0.429. The molecule has 0 unspecified atom stereocenters. The molecule has 0 saturated carbocycles. The van der Waals surface area contributed by atoms with Gasteiger partial charge in [-0.05, 0) is 49.7 Å². The summed E-state index contributed by atoms with van der Waals surface area (Å²) in [5.41, 5.74) is 3.83. The van der Waals surface area contributed by atoms with E-state index in [1.54, 1.807) is 7.11 Å². The van der Waals surface area contributed by atoms with Crippen molar-refractivity contribution in [2.75, 3.05) is 47.4 Å². The standard InChI is InChI=1S/C21H32N4O2S/c1-15-7-8-16(2)19-18(15)13-17(20(26)23-19)14-25(11-10-24(3)4)21(28)22-9-6-12-27-5/h7-8,13H,6,9-12,14H2,1-5H3,(H,22,28)(H,23,26)/p+1. The fourth-order valence-electron chi connectivity index (χ4n) is 3.08. The van der Waals surface area contributed by atoms with Crippen molar-refractivity contribution in [1.29, 1.82) is 0 Å². The van der Waals surface area contributed by atoms with Gasteiger partial charge in [-0.25, -0.2) is 0 Å². The zero-order valence-electron chi connectivity index (χ0n) is 17.6. The van der Waals surface area contributed by atoms with Crippen molar-refractivity contribution in [2.45, 2.75) is 26.8 Å². The number of aromatic nitrogens is 1. The lowest BCUT2D eigenvalue weighted by Gasteiger charge is -2.26. The maximum Gasteiger partial charge on any atom is 0.253 e. The molecule has 1 aromatic carbocycles. The number of nitrogens with zero attached hydrogens (tertiary/aromatic N) is 1. The van der Waals surface area contributed by atoms with Gasteiger partial charge in [0.2, 0.25) is 0 Å². The number of hydrogen-bond acceptors (Lipinski definition) is 3. The smallest absolute Gasteiger partial charge is 0.253 e. The predicted octanol–water partition coefficient (Wildman–Crippen LogP) is 1.00. The summed E-state index contributed by atoms with van der Waals surface area (Å²) in [7, 11) is 5.92. The summed E-state index contributed by atoms with van der Waals surface area (Å²) in [5.74, 6) is 0. The van der Waals surface area contributed by atoms with Gasteiger partial charge in [0.1, 0.15) is 0 Å². The monoisotopic (exact) mass is 405 g/mol. The first-order valence-electron chi connectivity index (χ1n) is 9.76. The van der Waals surface area contributed by atoms with E-state index in [-0.39, 0.29) is 5.56 Å². The van der Waals surface area contributed by atoms with Gasteiger partial charge in [0.15, 0.2) is 5.11 Å². The molecular weight excluding hydrogens is 372 g/mol. The number of hydrogen-bond donors (Lipinski definition) is 3. The summed E-state index contributed by atoms with van der Waals surface area (Å²) in [5, 5.41) is 5.06. The van der Waals surface area contributed by atoms with Crippen LogP contribution in [0, 0.1) is 13.8 Å². The summed E-state index contributed by atoms with van der Waals surface area (Å²) in [6.07, 6.45) is 0.887. The zero-order chi connectivity index (χ0) is 20.7. The van der Waals surface area contributed by atoms with E-state index in [2.05, 4.69) is 42.3 Å². The lowest BCUT2D eigenvalue weighted by atomic mass is 10.0. The van der Waals surface area contributed by atoms with Gasteiger partial charge in [-0.3, -0.25) is 4.79 Å². The molecule has 0 aliphatic heterocycles. The van der Waals surface area contributed by atoms with Gasteiger partial charge in [0, 0.05) is 31.2 Å². The second kappa shape index (κ2) is 10.5. The summed E-state index contributed by atoms with van der Waals surface area (Å²) >= 11 is 5.61. The molecule has 0 bridgehead atoms. The van der Waals surface area contributed by atoms with E-state index in [1.807, 2.05) is 19.1 Å². The van der Waals surface area contributed by atoms with E-state index in [0.717, 1.165) is 53.6 Å². The molecule has 3 N–H and O–H groups in total. The van der Waals surface area contributed by atoms with Crippen LogP contribution in [0.3, 0.4) is 0 Å². The zero-order valence-corrected chi connectivity index (χ0v) is 18.5. The van der Waals surface area contributed by atoms with Gasteiger partial charge >= 0.3 is 0 Å². The van der Waals surface area contributed by atoms with Crippen molar-refractivity contribution in [2.24, 2.45) is 0 Å². The normalized spacial score (nSPS) is 11.2. The number of methoxy groups -OCH3 is 1. The summed E-state index contributed by atoms with van der Waals surface area (Å²) in [6, 6.07) is 6.15. The molecule has 7 heteroatoms. The minimum atomic E-state index is -0.0504. The van der Waals surface area contributed by atoms with E-state index in [0.29, 0.717) is 18.3 Å². The van der Waals surface area contributed by atoms with Gasteiger partial charge < -0.3 is 24.8 Å². The Morgan fingerprint density at radius 1 is 1.29 bits per heavy atom. The Balaban J connectivity index is 2.24. The number of likely N-dealkylation sites (N-methyl/N-ethyl adjacent to an activating group) is 1. The largest absolute Gasteiger partial charge is 0.385 e. The molecular formula is C21H33N4O2S+. The van der Waals surface area contributed by atoms with Crippen LogP contribution in [-0.2, 0) is 11.3 Å². The Morgan fingerprint density at radius 2 is 2.00 bits per heavy atom. The van der Waals surface area contributed by atoms with Crippen LogP contribution in [0.5, 0.6) is 0 Å². The Morgan fingerprint density at radius 3 is 2.68 bits per heavy atom. The molecule has 154 valence electrons. The molecule has 0 atom stereocenters. The average molecular weight is 406 g/mol. The molecule has 2 rings (SSSR count). The third kappa shape index (κ3) is 6.02. The van der Waals surface area contributed by atoms with Crippen LogP contribution in [0.15, 0.2) is 23.0 Å². The number of ether oxygens (including phenoxy) is 1. The lowest BCUT2D eigenvalue weighted by Crippen LogP contribution is -3.06. The predicted molar refractivity (Wildman–Crippen MR) is 119 cm³/mol. The maximum absolute atomic E-state index is 12.7. The second-order valence-electron chi connectivity index (χ2n) is 7.57. The van der Waals surface area contributed by atoms with E-state index in [4.69, 9.17) is 17.0 Å². The summed E-state index contributed by atoms with van der Waals surface area (Å²) in [6.45, 7) is 7.74. The molecule has 0 radical (unpaired) electrons. The van der Waals surface area contributed by atoms with Crippen molar-refractivity contribution in [3.63, 3.8) is 0 Å². The molecule has 0 amide bonds. The van der Waals surface area contributed by atoms with Gasteiger partial charge in [0.25, 0.3) is 5.56 Å². The fraction of sp³-hybridized carbons (Fsp3) is 0.524. The molecule has 0 aliphatic carbocycles. The Kier molecular flexibility index (Phi) is 8.41. The Hall–Kier alpha value is -1.96. The van der Waals surface area contributed by atoms with Crippen molar-refractivity contribution >= 4 is 28.2 Å². The molecule has 0 fully saturated rings. The fourth-order valence-corrected chi connectivity index (χ4v) is 3.33. The van der Waals surface area contributed by atoms with E-state index >= 15 is 0 Å². The van der Waals surface area contributed by atoms with Crippen LogP contribution in [0.4, 0.5) is 0 Å². The highest BCUT2D eigenvalue weighted by atomic mass is 32.1. The first kappa shape index (κ1) is 22.3. The highest BCUT2D eigenvalue weighted by Gasteiger charge is 2.15. The van der Waals surface area contributed by atoms with Crippen LogP contribution < -0.4 is 15.8 Å².